The number of aliphatic hydroxyl groups excluding tert-OH is 2. The van der Waals surface area contributed by atoms with Crippen molar-refractivity contribution < 1.29 is 28.2 Å². The Bertz CT molecular complexity index is 575. The zero-order valence-corrected chi connectivity index (χ0v) is 15.0. The van der Waals surface area contributed by atoms with Crippen molar-refractivity contribution in [1.82, 2.24) is 15.5 Å². The van der Waals surface area contributed by atoms with Crippen molar-refractivity contribution in [2.45, 2.75) is 43.8 Å². The van der Waals surface area contributed by atoms with Crippen molar-refractivity contribution in [3.63, 3.8) is 0 Å². The van der Waals surface area contributed by atoms with E-state index in [2.05, 4.69) is 5.32 Å². The molecule has 0 spiro atoms. The quantitative estimate of drug-likeness (QED) is 0.608. The molecule has 1 aromatic carbocycles. The minimum Gasteiger partial charge on any atom is -0.389 e. The average molecular weight is 389 g/mol. The van der Waals surface area contributed by atoms with Gasteiger partial charge in [0.25, 0.3) is 0 Å². The number of hydrogen-bond acceptors (Lipinski definition) is 5. The molecule has 0 bridgehead atoms. The van der Waals surface area contributed by atoms with E-state index in [0.29, 0.717) is 6.54 Å². The number of nitrogens with zero attached hydrogens (tertiary/aromatic N) is 1. The number of likely N-dealkylation sites (tertiary alicyclic amines) is 1. The van der Waals surface area contributed by atoms with E-state index in [4.69, 9.17) is 0 Å². The second-order valence-corrected chi connectivity index (χ2v) is 6.71. The van der Waals surface area contributed by atoms with E-state index in [1.807, 2.05) is 30.3 Å². The number of nitrogens with one attached hydrogen (secondary N) is 2. The summed E-state index contributed by atoms with van der Waals surface area (Å²) in [6.45, 7) is 2.60. The molecule has 152 valence electrons. The van der Waals surface area contributed by atoms with Gasteiger partial charge in [-0.15, -0.1) is 0 Å². The smallest absolute Gasteiger partial charge is 0.389 e. The summed E-state index contributed by atoms with van der Waals surface area (Å²) in [6, 6.07) is 8.36. The van der Waals surface area contributed by atoms with Crippen LogP contribution in [0.3, 0.4) is 0 Å². The third-order valence-electron chi connectivity index (χ3n) is 4.59. The molecule has 0 aliphatic carbocycles. The molecule has 3 rings (SSSR count). The molecule has 0 saturated carbocycles. The topological polar surface area (TPSA) is 84.8 Å². The van der Waals surface area contributed by atoms with Gasteiger partial charge < -0.3 is 20.8 Å². The highest BCUT2D eigenvalue weighted by molar-refractivity contribution is 5.81. The van der Waals surface area contributed by atoms with Crippen molar-refractivity contribution in [2.75, 3.05) is 26.2 Å². The molecular formula is C18H26F3N3O3. The van der Waals surface area contributed by atoms with Crippen molar-refractivity contribution in [3.8, 4) is 0 Å². The summed E-state index contributed by atoms with van der Waals surface area (Å²) in [7, 11) is 0. The Hall–Kier alpha value is -1.68. The van der Waals surface area contributed by atoms with Gasteiger partial charge in [0, 0.05) is 19.6 Å². The van der Waals surface area contributed by atoms with Crippen LogP contribution in [0.1, 0.15) is 18.4 Å². The van der Waals surface area contributed by atoms with Gasteiger partial charge in [-0.25, -0.2) is 0 Å². The summed E-state index contributed by atoms with van der Waals surface area (Å²) in [6.07, 6.45) is -4.46. The van der Waals surface area contributed by atoms with Gasteiger partial charge in [-0.3, -0.25) is 9.69 Å². The summed E-state index contributed by atoms with van der Waals surface area (Å²) in [5.74, 6) is -2.05. The summed E-state index contributed by atoms with van der Waals surface area (Å²) >= 11 is 0. The lowest BCUT2D eigenvalue weighted by Gasteiger charge is -2.26. The maximum atomic E-state index is 12.2. The second kappa shape index (κ2) is 10.0. The molecule has 0 unspecified atom stereocenters. The minimum absolute atomic E-state index is 0.128. The molecule has 2 aliphatic heterocycles. The number of carbonyl (C=O) groups excluding carboxylic acids is 1. The fourth-order valence-corrected chi connectivity index (χ4v) is 3.13. The molecule has 2 fully saturated rings. The van der Waals surface area contributed by atoms with Crippen LogP contribution in [0, 0.1) is 0 Å². The highest BCUT2D eigenvalue weighted by atomic mass is 19.4. The van der Waals surface area contributed by atoms with Crippen LogP contribution in [0.15, 0.2) is 30.3 Å². The summed E-state index contributed by atoms with van der Waals surface area (Å²) in [4.78, 5) is 12.5. The van der Waals surface area contributed by atoms with E-state index in [1.54, 1.807) is 10.2 Å². The van der Waals surface area contributed by atoms with Crippen molar-refractivity contribution in [2.24, 2.45) is 0 Å². The van der Waals surface area contributed by atoms with Crippen LogP contribution in [0.25, 0.3) is 0 Å². The Balaban J connectivity index is 0.000000451. The molecule has 6 nitrogen and oxygen atoms in total. The van der Waals surface area contributed by atoms with Gasteiger partial charge in [0.05, 0.1) is 18.2 Å². The van der Waals surface area contributed by atoms with Gasteiger partial charge in [-0.1, -0.05) is 30.3 Å². The first-order chi connectivity index (χ1) is 12.8. The molecular weight excluding hydrogens is 363 g/mol. The number of alkyl halides is 3. The van der Waals surface area contributed by atoms with Gasteiger partial charge >= 0.3 is 12.1 Å². The molecule has 2 heterocycles. The highest BCUT2D eigenvalue weighted by Crippen LogP contribution is 2.21. The summed E-state index contributed by atoms with van der Waals surface area (Å²) in [5.41, 5.74) is 0.899. The first-order valence-corrected chi connectivity index (χ1v) is 8.99. The number of halogens is 3. The van der Waals surface area contributed by atoms with Gasteiger partial charge in [0.1, 0.15) is 0 Å². The highest BCUT2D eigenvalue weighted by Gasteiger charge is 2.43. The molecule has 0 radical (unpaired) electrons. The zero-order chi connectivity index (χ0) is 19.9. The van der Waals surface area contributed by atoms with E-state index < -0.39 is 30.3 Å². The van der Waals surface area contributed by atoms with Crippen LogP contribution >= 0.6 is 0 Å². The van der Waals surface area contributed by atoms with Crippen molar-refractivity contribution in [1.29, 1.82) is 0 Å². The average Bonchev–Trinajstić information content (AvgIpc) is 3.27. The number of amides is 1. The molecule has 3 atom stereocenters. The van der Waals surface area contributed by atoms with E-state index in [-0.39, 0.29) is 13.1 Å². The number of β-amino-alcohol motifs (C(OH)–C–C–N with tert-alkyl or cyclic N) is 1. The molecule has 1 aromatic rings. The Kier molecular flexibility index (Phi) is 8.03. The summed E-state index contributed by atoms with van der Waals surface area (Å²) < 4.78 is 36.6. The lowest BCUT2D eigenvalue weighted by Crippen LogP contribution is -2.48. The SMILES string of the molecule is C1CCNC1.O=C(NC[C@@H]1[C@@H](O)[C@@H](O)CN1Cc1ccccc1)C(F)(F)F. The molecule has 0 aromatic heterocycles. The summed E-state index contributed by atoms with van der Waals surface area (Å²) in [5, 5.41) is 24.6. The number of rotatable bonds is 4. The fraction of sp³-hybridized carbons (Fsp3) is 0.611. The molecule has 9 heteroatoms. The normalized spacial score (nSPS) is 25.7. The van der Waals surface area contributed by atoms with Crippen molar-refractivity contribution >= 4 is 5.91 Å². The number of aliphatic hydroxyl groups is 2. The molecule has 4 N–H and O–H groups in total. The Morgan fingerprint density at radius 2 is 1.81 bits per heavy atom. The second-order valence-electron chi connectivity index (χ2n) is 6.71. The Morgan fingerprint density at radius 3 is 2.33 bits per heavy atom. The first kappa shape index (κ1) is 21.6. The van der Waals surface area contributed by atoms with Crippen LogP contribution < -0.4 is 10.6 Å². The van der Waals surface area contributed by atoms with Crippen LogP contribution in [-0.2, 0) is 11.3 Å². The lowest BCUT2D eigenvalue weighted by atomic mass is 10.1. The fourth-order valence-electron chi connectivity index (χ4n) is 3.13. The predicted molar refractivity (Wildman–Crippen MR) is 93.8 cm³/mol. The van der Waals surface area contributed by atoms with Crippen LogP contribution in [0.2, 0.25) is 0 Å². The van der Waals surface area contributed by atoms with Gasteiger partial charge in [-0.2, -0.15) is 13.2 Å². The molecule has 1 amide bonds. The van der Waals surface area contributed by atoms with Gasteiger partial charge in [-0.05, 0) is 31.5 Å². The standard InChI is InChI=1S/C14H17F3N2O3.C4H9N/c15-14(16,17)13(22)18-6-10-12(21)11(20)8-19(10)7-9-4-2-1-3-5-9;1-2-4-5-3-1/h1-5,10-12,20-21H,6-8H2,(H,18,22);5H,1-4H2/t10-,11+,12-;/m1./s1. The van der Waals surface area contributed by atoms with Crippen molar-refractivity contribution in [3.05, 3.63) is 35.9 Å². The maximum Gasteiger partial charge on any atom is 0.471 e. The Labute approximate surface area is 156 Å². The van der Waals surface area contributed by atoms with Crippen LogP contribution in [0.5, 0.6) is 0 Å². The van der Waals surface area contributed by atoms with Crippen LogP contribution in [-0.4, -0.2) is 71.6 Å². The number of benzene rings is 1. The third-order valence-corrected chi connectivity index (χ3v) is 4.59. The largest absolute Gasteiger partial charge is 0.471 e. The van der Waals surface area contributed by atoms with E-state index >= 15 is 0 Å². The molecule has 2 aliphatic rings. The van der Waals surface area contributed by atoms with Gasteiger partial charge in [0.2, 0.25) is 0 Å². The van der Waals surface area contributed by atoms with Gasteiger partial charge in [0.15, 0.2) is 0 Å². The lowest BCUT2D eigenvalue weighted by molar-refractivity contribution is -0.173. The number of carbonyl (C=O) groups is 1. The van der Waals surface area contributed by atoms with Crippen LogP contribution in [0.4, 0.5) is 13.2 Å². The predicted octanol–water partition coefficient (Wildman–Crippen LogP) is 0.641. The van der Waals surface area contributed by atoms with E-state index in [1.165, 1.54) is 25.9 Å². The maximum absolute atomic E-state index is 12.2. The molecule has 27 heavy (non-hydrogen) atoms. The van der Waals surface area contributed by atoms with E-state index in [0.717, 1.165) is 5.56 Å². The first-order valence-electron chi connectivity index (χ1n) is 8.99. The third kappa shape index (κ3) is 6.76. The molecule has 2 saturated heterocycles. The minimum atomic E-state index is -4.97. The Morgan fingerprint density at radius 1 is 1.19 bits per heavy atom. The van der Waals surface area contributed by atoms with E-state index in [9.17, 15) is 28.2 Å². The number of hydrogen-bond donors (Lipinski definition) is 4. The zero-order valence-electron chi connectivity index (χ0n) is 15.0. The monoisotopic (exact) mass is 389 g/mol.